The van der Waals surface area contributed by atoms with Crippen LogP contribution < -0.4 is 0 Å². The van der Waals surface area contributed by atoms with Crippen molar-refractivity contribution >= 4 is 29.6 Å². The molecule has 0 bridgehead atoms. The van der Waals surface area contributed by atoms with E-state index in [1.165, 1.54) is 0 Å². The molecule has 0 fully saturated rings. The van der Waals surface area contributed by atoms with Gasteiger partial charge in [0.1, 0.15) is 0 Å². The molecule has 1 radical (unpaired) electrons. The minimum Gasteiger partial charge on any atom is -0.395 e. The largest absolute Gasteiger partial charge is 0.395 e. The van der Waals surface area contributed by atoms with Crippen molar-refractivity contribution in [2.45, 2.75) is 0 Å². The smallest absolute Gasteiger partial charge is 0.0558 e. The summed E-state index contributed by atoms with van der Waals surface area (Å²) in [7, 11) is 0. The average Bonchev–Trinajstić information content (AvgIpc) is 1.90. The molecule has 0 aliphatic carbocycles. The predicted octanol–water partition coefficient (Wildman–Crippen LogP) is -2.12. The summed E-state index contributed by atoms with van der Waals surface area (Å²) in [5.41, 5.74) is 0. The van der Waals surface area contributed by atoms with Crippen LogP contribution >= 0.6 is 0 Å². The molecule has 0 saturated carbocycles. The Balaban J connectivity index is 0. The van der Waals surface area contributed by atoms with Gasteiger partial charge in [0.15, 0.2) is 0 Å². The topological polar surface area (TPSA) is 63.9 Å². The summed E-state index contributed by atoms with van der Waals surface area (Å²) in [5, 5.41) is 25.5. The van der Waals surface area contributed by atoms with Crippen LogP contribution in [0.2, 0.25) is 0 Å². The second-order valence-electron chi connectivity index (χ2n) is 2.01. The van der Waals surface area contributed by atoms with Crippen LogP contribution in [0.15, 0.2) is 0 Å². The van der Waals surface area contributed by atoms with Gasteiger partial charge in [0, 0.05) is 49.2 Å². The van der Waals surface area contributed by atoms with Crippen molar-refractivity contribution in [2.75, 3.05) is 39.5 Å². The summed E-state index contributed by atoms with van der Waals surface area (Å²) < 4.78 is 0. The molecule has 0 aliphatic heterocycles. The van der Waals surface area contributed by atoms with Crippen molar-refractivity contribution in [3.8, 4) is 0 Å². The quantitative estimate of drug-likeness (QED) is 0.401. The first-order chi connectivity index (χ1) is 4.85. The number of aliphatic hydroxyl groups excluding tert-OH is 3. The van der Waals surface area contributed by atoms with E-state index in [0.29, 0.717) is 19.6 Å². The maximum atomic E-state index is 8.48. The maximum absolute atomic E-state index is 8.48. The third-order valence-corrected chi connectivity index (χ3v) is 1.25. The van der Waals surface area contributed by atoms with Crippen molar-refractivity contribution in [1.82, 2.24) is 4.90 Å². The van der Waals surface area contributed by atoms with Gasteiger partial charge in [-0.3, -0.25) is 4.90 Å². The van der Waals surface area contributed by atoms with Crippen LogP contribution in [0.4, 0.5) is 0 Å². The molecule has 0 spiro atoms. The zero-order chi connectivity index (χ0) is 7.82. The Hall–Kier alpha value is 0.840. The van der Waals surface area contributed by atoms with Gasteiger partial charge in [-0.05, 0) is 0 Å². The van der Waals surface area contributed by atoms with E-state index in [1.807, 2.05) is 0 Å². The molecule has 0 saturated heterocycles. The third kappa shape index (κ3) is 8.75. The van der Waals surface area contributed by atoms with Crippen molar-refractivity contribution in [3.63, 3.8) is 0 Å². The monoisotopic (exact) mass is 172 g/mol. The van der Waals surface area contributed by atoms with Crippen molar-refractivity contribution in [2.24, 2.45) is 0 Å². The zero-order valence-electron chi connectivity index (χ0n) is 7.03. The molecule has 0 heterocycles. The molecular formula is C6H15NNaO3. The van der Waals surface area contributed by atoms with Crippen LogP contribution in [-0.2, 0) is 0 Å². The fourth-order valence-electron chi connectivity index (χ4n) is 0.760. The molecule has 0 aromatic heterocycles. The van der Waals surface area contributed by atoms with E-state index in [4.69, 9.17) is 15.3 Å². The number of rotatable bonds is 6. The number of nitrogens with zero attached hydrogens (tertiary/aromatic N) is 1. The first kappa shape index (κ1) is 14.4. The molecule has 0 unspecified atom stereocenters. The van der Waals surface area contributed by atoms with Gasteiger partial charge >= 0.3 is 0 Å². The molecule has 63 valence electrons. The normalized spacial score (nSPS) is 9.82. The van der Waals surface area contributed by atoms with Crippen LogP contribution in [0, 0.1) is 0 Å². The SMILES string of the molecule is OCCN(CCO)CCO.[Na]. The minimum absolute atomic E-state index is 0. The zero-order valence-corrected chi connectivity index (χ0v) is 9.03. The molecular weight excluding hydrogens is 157 g/mol. The number of aliphatic hydroxyl groups is 3. The van der Waals surface area contributed by atoms with Crippen LogP contribution in [0.5, 0.6) is 0 Å². The van der Waals surface area contributed by atoms with Crippen LogP contribution in [0.25, 0.3) is 0 Å². The van der Waals surface area contributed by atoms with E-state index in [2.05, 4.69) is 0 Å². The summed E-state index contributed by atoms with van der Waals surface area (Å²) in [5.74, 6) is 0. The fourth-order valence-corrected chi connectivity index (χ4v) is 0.760. The maximum Gasteiger partial charge on any atom is 0.0558 e. The van der Waals surface area contributed by atoms with Gasteiger partial charge < -0.3 is 15.3 Å². The molecule has 3 N–H and O–H groups in total. The molecule has 0 atom stereocenters. The van der Waals surface area contributed by atoms with Crippen LogP contribution in [-0.4, -0.2) is 89.2 Å². The molecule has 0 aromatic carbocycles. The molecule has 4 nitrogen and oxygen atoms in total. The van der Waals surface area contributed by atoms with Gasteiger partial charge in [-0.2, -0.15) is 0 Å². The Labute approximate surface area is 89.1 Å². The Morgan fingerprint density at radius 3 is 1.18 bits per heavy atom. The Kier molecular flexibility index (Phi) is 14.2. The van der Waals surface area contributed by atoms with Crippen molar-refractivity contribution < 1.29 is 15.3 Å². The molecule has 0 amide bonds. The number of hydrogen-bond donors (Lipinski definition) is 3. The third-order valence-electron chi connectivity index (χ3n) is 1.25. The van der Waals surface area contributed by atoms with Crippen LogP contribution in [0.1, 0.15) is 0 Å². The summed E-state index contributed by atoms with van der Waals surface area (Å²) in [6.45, 7) is 1.75. The van der Waals surface area contributed by atoms with E-state index in [0.717, 1.165) is 0 Å². The van der Waals surface area contributed by atoms with Gasteiger partial charge in [-0.25, -0.2) is 0 Å². The summed E-state index contributed by atoms with van der Waals surface area (Å²) in [6.07, 6.45) is 0. The summed E-state index contributed by atoms with van der Waals surface area (Å²) >= 11 is 0. The Morgan fingerprint density at radius 1 is 0.727 bits per heavy atom. The molecule has 5 heteroatoms. The second kappa shape index (κ2) is 10.8. The fraction of sp³-hybridized carbons (Fsp3) is 1.00. The van der Waals surface area contributed by atoms with Gasteiger partial charge in [-0.1, -0.05) is 0 Å². The van der Waals surface area contributed by atoms with Gasteiger partial charge in [-0.15, -0.1) is 0 Å². The van der Waals surface area contributed by atoms with Gasteiger partial charge in [0.25, 0.3) is 0 Å². The Bertz CT molecular complexity index is 60.6. The van der Waals surface area contributed by atoms with E-state index in [-0.39, 0.29) is 49.4 Å². The molecule has 0 aliphatic rings. The number of hydrogen-bond acceptors (Lipinski definition) is 4. The van der Waals surface area contributed by atoms with E-state index < -0.39 is 0 Å². The standard InChI is InChI=1S/C6H15NO3.Na/c8-4-1-7(2-5-9)3-6-10;/h8-10H,1-6H2;. The van der Waals surface area contributed by atoms with Gasteiger partial charge in [0.2, 0.25) is 0 Å². The molecule has 0 rings (SSSR count). The first-order valence-corrected chi connectivity index (χ1v) is 3.40. The Morgan fingerprint density at radius 2 is 1.00 bits per heavy atom. The van der Waals surface area contributed by atoms with Gasteiger partial charge in [0.05, 0.1) is 19.8 Å². The molecule has 11 heavy (non-hydrogen) atoms. The van der Waals surface area contributed by atoms with Crippen molar-refractivity contribution in [1.29, 1.82) is 0 Å². The summed E-state index contributed by atoms with van der Waals surface area (Å²) in [6, 6.07) is 0. The minimum atomic E-state index is 0. The van der Waals surface area contributed by atoms with E-state index >= 15 is 0 Å². The predicted molar refractivity (Wildman–Crippen MR) is 43.5 cm³/mol. The van der Waals surface area contributed by atoms with Crippen LogP contribution in [0.3, 0.4) is 0 Å². The molecule has 0 aromatic rings. The first-order valence-electron chi connectivity index (χ1n) is 3.40. The van der Waals surface area contributed by atoms with E-state index in [9.17, 15) is 0 Å². The van der Waals surface area contributed by atoms with E-state index in [1.54, 1.807) is 4.90 Å². The summed E-state index contributed by atoms with van der Waals surface area (Å²) in [4.78, 5) is 1.79. The average molecular weight is 172 g/mol. The second-order valence-corrected chi connectivity index (χ2v) is 2.01. The van der Waals surface area contributed by atoms with Crippen molar-refractivity contribution in [3.05, 3.63) is 0 Å².